The molecular weight excluding hydrogens is 688 g/mol. The number of benzene rings is 4. The summed E-state index contributed by atoms with van der Waals surface area (Å²) in [5.74, 6) is -7.25. The molecule has 0 unspecified atom stereocenters. The van der Waals surface area contributed by atoms with E-state index >= 15 is 0 Å². The first kappa shape index (κ1) is 36.3. The predicted molar refractivity (Wildman–Crippen MR) is 176 cm³/mol. The van der Waals surface area contributed by atoms with E-state index in [-0.39, 0.29) is 35.5 Å². The Bertz CT molecular complexity index is 1960. The van der Waals surface area contributed by atoms with Gasteiger partial charge in [0, 0.05) is 35.7 Å². The zero-order chi connectivity index (χ0) is 37.6. The van der Waals surface area contributed by atoms with Crippen LogP contribution in [-0.2, 0) is 11.2 Å². The molecule has 0 amide bonds. The van der Waals surface area contributed by atoms with Crippen LogP contribution in [0.3, 0.4) is 0 Å². The summed E-state index contributed by atoms with van der Waals surface area (Å²) in [6, 6.07) is 12.3. The van der Waals surface area contributed by atoms with E-state index in [1.54, 1.807) is 12.1 Å². The van der Waals surface area contributed by atoms with Crippen LogP contribution in [0.2, 0.25) is 0 Å². The average molecular weight is 725 g/mol. The quantitative estimate of drug-likeness (QED) is 0.0854. The number of fused-ring (bicyclic) bond motifs is 1. The molecule has 6 rings (SSSR count). The third-order valence-electron chi connectivity index (χ3n) is 9.19. The SMILES string of the molecule is O=C(CCc1ccc(O)cc1)c1c(O)cc(O[C@@H]2O[C@H](CO)[C@@H](O)[C@H](O)[C@H]2O)c([C@H]2c3c(O)cc(O)cc3O[C@H](c3ccc(O)c(O)c3)[C@@H]2O)c1O. The van der Waals surface area contributed by atoms with Crippen molar-refractivity contribution >= 4 is 5.78 Å². The summed E-state index contributed by atoms with van der Waals surface area (Å²) in [5, 5.41) is 128. The van der Waals surface area contributed by atoms with Crippen molar-refractivity contribution in [2.75, 3.05) is 6.61 Å². The molecule has 4 aromatic carbocycles. The van der Waals surface area contributed by atoms with Gasteiger partial charge in [-0.3, -0.25) is 4.79 Å². The molecule has 0 aromatic heterocycles. The van der Waals surface area contributed by atoms with Gasteiger partial charge in [0.2, 0.25) is 6.29 Å². The van der Waals surface area contributed by atoms with E-state index in [1.165, 1.54) is 18.2 Å². The number of carbonyl (C=O) groups is 1. The second kappa shape index (κ2) is 14.3. The van der Waals surface area contributed by atoms with Gasteiger partial charge in [-0.25, -0.2) is 0 Å². The number of carbonyl (C=O) groups excluding carboxylic acids is 1. The van der Waals surface area contributed by atoms with E-state index < -0.39 is 113 Å². The van der Waals surface area contributed by atoms with Crippen LogP contribution in [0.4, 0.5) is 0 Å². The number of aliphatic hydroxyl groups excluding tert-OH is 5. The summed E-state index contributed by atoms with van der Waals surface area (Å²) in [6.07, 6.45) is -12.5. The highest BCUT2D eigenvalue weighted by Gasteiger charge is 2.48. The van der Waals surface area contributed by atoms with E-state index in [0.717, 1.165) is 30.3 Å². The lowest BCUT2D eigenvalue weighted by Gasteiger charge is -2.41. The Morgan fingerprint density at radius 3 is 2.08 bits per heavy atom. The maximum Gasteiger partial charge on any atom is 0.229 e. The summed E-state index contributed by atoms with van der Waals surface area (Å²) < 4.78 is 17.3. The topological polar surface area (TPSA) is 288 Å². The third kappa shape index (κ3) is 6.66. The lowest BCUT2D eigenvalue weighted by molar-refractivity contribution is -0.277. The summed E-state index contributed by atoms with van der Waals surface area (Å²) in [6.45, 7) is -0.826. The molecule has 0 bridgehead atoms. The van der Waals surface area contributed by atoms with E-state index in [1.807, 2.05) is 0 Å². The summed E-state index contributed by atoms with van der Waals surface area (Å²) in [5.41, 5.74) is -0.652. The second-order valence-electron chi connectivity index (χ2n) is 12.6. The Balaban J connectivity index is 1.52. The molecule has 8 atom stereocenters. The van der Waals surface area contributed by atoms with Crippen LogP contribution in [0, 0.1) is 0 Å². The van der Waals surface area contributed by atoms with Gasteiger partial charge in [0.15, 0.2) is 23.4 Å². The maximum atomic E-state index is 13.7. The number of Topliss-reactive ketones (excluding diaryl/α,β-unsaturated/α-hetero) is 1. The second-order valence-corrected chi connectivity index (χ2v) is 12.6. The monoisotopic (exact) mass is 724 g/mol. The standard InChI is InChI=1S/C36H36O16/c37-13-25-30(45)33(48)34(49)36(52-25)51-24-12-22(44)26(19(41)7-3-14-1-5-16(38)6-2-14)31(46)28(24)29-27-21(43)10-17(39)11-23(27)50-35(32(29)47)15-4-8-18(40)20(42)9-15/h1-2,4-6,8-12,25,29-30,32-40,42-49H,3,7,13H2/t25-,29-,30-,32-,33+,34-,35-,36-/m1/s1. The van der Waals surface area contributed by atoms with Crippen molar-refractivity contribution in [3.63, 3.8) is 0 Å². The van der Waals surface area contributed by atoms with Crippen LogP contribution in [-0.4, -0.2) is 110 Å². The van der Waals surface area contributed by atoms with Crippen molar-refractivity contribution in [2.24, 2.45) is 0 Å². The van der Waals surface area contributed by atoms with Gasteiger partial charge in [-0.2, -0.15) is 0 Å². The first-order valence-corrected chi connectivity index (χ1v) is 16.0. The first-order valence-electron chi connectivity index (χ1n) is 16.0. The van der Waals surface area contributed by atoms with Crippen LogP contribution in [0.1, 0.15) is 51.1 Å². The predicted octanol–water partition coefficient (Wildman–Crippen LogP) is 1.25. The number of ether oxygens (including phenoxy) is 3. The smallest absolute Gasteiger partial charge is 0.229 e. The minimum atomic E-state index is -1.98. The molecule has 0 saturated carbocycles. The van der Waals surface area contributed by atoms with Crippen molar-refractivity contribution in [3.05, 3.63) is 88.5 Å². The number of hydrogen-bond donors (Lipinski definition) is 12. The first-order chi connectivity index (χ1) is 24.7. The van der Waals surface area contributed by atoms with Crippen molar-refractivity contribution in [3.8, 4) is 51.7 Å². The number of rotatable bonds is 9. The van der Waals surface area contributed by atoms with Gasteiger partial charge in [-0.1, -0.05) is 18.2 Å². The van der Waals surface area contributed by atoms with Crippen LogP contribution < -0.4 is 9.47 Å². The Kier molecular flexibility index (Phi) is 9.96. The van der Waals surface area contributed by atoms with Crippen LogP contribution >= 0.6 is 0 Å². The van der Waals surface area contributed by atoms with Crippen LogP contribution in [0.25, 0.3) is 0 Å². The molecule has 276 valence electrons. The van der Waals surface area contributed by atoms with Crippen molar-refractivity contribution in [1.29, 1.82) is 0 Å². The molecule has 12 N–H and O–H groups in total. The molecular formula is C36H36O16. The number of phenolic OH excluding ortho intramolecular Hbond substituents is 7. The van der Waals surface area contributed by atoms with E-state index in [9.17, 15) is 66.1 Å². The van der Waals surface area contributed by atoms with Gasteiger partial charge in [-0.15, -0.1) is 0 Å². The highest BCUT2D eigenvalue weighted by atomic mass is 16.7. The Labute approximate surface area is 294 Å². The fourth-order valence-corrected chi connectivity index (χ4v) is 6.51. The van der Waals surface area contributed by atoms with Gasteiger partial charge in [-0.05, 0) is 41.8 Å². The van der Waals surface area contributed by atoms with Gasteiger partial charge < -0.3 is 75.5 Å². The van der Waals surface area contributed by atoms with Gasteiger partial charge >= 0.3 is 0 Å². The van der Waals surface area contributed by atoms with Gasteiger partial charge in [0.05, 0.1) is 12.5 Å². The molecule has 2 aliphatic rings. The summed E-state index contributed by atoms with van der Waals surface area (Å²) in [4.78, 5) is 13.7. The molecule has 0 spiro atoms. The molecule has 1 saturated heterocycles. The summed E-state index contributed by atoms with van der Waals surface area (Å²) in [7, 11) is 0. The molecule has 16 heteroatoms. The molecule has 4 aromatic rings. The molecule has 1 fully saturated rings. The van der Waals surface area contributed by atoms with Crippen molar-refractivity contribution < 1.29 is 80.3 Å². The Hall–Kier alpha value is -5.49. The van der Waals surface area contributed by atoms with Gasteiger partial charge in [0.25, 0.3) is 0 Å². The third-order valence-corrected chi connectivity index (χ3v) is 9.19. The summed E-state index contributed by atoms with van der Waals surface area (Å²) >= 11 is 0. The fraction of sp³-hybridized carbons (Fsp3) is 0.306. The zero-order valence-corrected chi connectivity index (χ0v) is 27.0. The minimum absolute atomic E-state index is 0.00214. The van der Waals surface area contributed by atoms with E-state index in [4.69, 9.17) is 14.2 Å². The number of aromatic hydroxyl groups is 7. The fourth-order valence-electron chi connectivity index (χ4n) is 6.51. The van der Waals surface area contributed by atoms with Crippen LogP contribution in [0.15, 0.2) is 60.7 Å². The Morgan fingerprint density at radius 2 is 1.40 bits per heavy atom. The molecule has 52 heavy (non-hydrogen) atoms. The lowest BCUT2D eigenvalue weighted by atomic mass is 9.78. The number of hydrogen-bond acceptors (Lipinski definition) is 16. The molecule has 2 heterocycles. The van der Waals surface area contributed by atoms with E-state index in [2.05, 4.69) is 0 Å². The molecule has 0 aliphatic carbocycles. The normalized spacial score (nSPS) is 25.6. The van der Waals surface area contributed by atoms with Gasteiger partial charge in [0.1, 0.15) is 76.3 Å². The molecule has 0 radical (unpaired) electrons. The lowest BCUT2D eigenvalue weighted by Crippen LogP contribution is -2.60. The highest BCUT2D eigenvalue weighted by Crippen LogP contribution is 2.56. The number of aryl methyl sites for hydroxylation is 1. The molecule has 16 nitrogen and oxygen atoms in total. The van der Waals surface area contributed by atoms with E-state index in [0.29, 0.717) is 5.56 Å². The minimum Gasteiger partial charge on any atom is -0.508 e. The number of aliphatic hydroxyl groups is 5. The largest absolute Gasteiger partial charge is 0.508 e. The van der Waals surface area contributed by atoms with Crippen LogP contribution in [0.5, 0.6) is 51.7 Å². The highest BCUT2D eigenvalue weighted by molar-refractivity contribution is 6.02. The van der Waals surface area contributed by atoms with Crippen molar-refractivity contribution in [2.45, 2.75) is 61.7 Å². The number of ketones is 1. The molecule has 2 aliphatic heterocycles. The van der Waals surface area contributed by atoms with Crippen molar-refractivity contribution in [1.82, 2.24) is 0 Å². The maximum absolute atomic E-state index is 13.7. The Morgan fingerprint density at radius 1 is 0.692 bits per heavy atom. The zero-order valence-electron chi connectivity index (χ0n) is 27.0. The average Bonchev–Trinajstić information content (AvgIpc) is 3.10. The number of phenols is 7.